The van der Waals surface area contributed by atoms with E-state index in [1.165, 1.54) is 218 Å². The summed E-state index contributed by atoms with van der Waals surface area (Å²) in [6, 6.07) is 0. The minimum atomic E-state index is -4.97. The van der Waals surface area contributed by atoms with E-state index in [1.807, 2.05) is 0 Å². The van der Waals surface area contributed by atoms with Gasteiger partial charge in [-0.2, -0.15) is 0 Å². The Kier molecular flexibility index (Phi) is 72.2. The molecular formula is C83H158O17P2. The van der Waals surface area contributed by atoms with Gasteiger partial charge in [0.25, 0.3) is 0 Å². The third-order valence-corrected chi connectivity index (χ3v) is 21.1. The van der Waals surface area contributed by atoms with Gasteiger partial charge in [0.1, 0.15) is 19.3 Å². The zero-order valence-electron chi connectivity index (χ0n) is 66.4. The van der Waals surface area contributed by atoms with E-state index in [4.69, 9.17) is 37.0 Å². The fourth-order valence-corrected chi connectivity index (χ4v) is 13.9. The van der Waals surface area contributed by atoms with Crippen LogP contribution in [-0.2, 0) is 65.4 Å². The zero-order valence-corrected chi connectivity index (χ0v) is 68.2. The number of carbonyl (C=O) groups excluding carboxylic acids is 4. The van der Waals surface area contributed by atoms with Crippen LogP contribution in [0, 0.1) is 11.8 Å². The molecule has 102 heavy (non-hydrogen) atoms. The molecule has 3 unspecified atom stereocenters. The molecule has 0 aromatic carbocycles. The quantitative estimate of drug-likeness (QED) is 0.0169. The number of rotatable bonds is 80. The van der Waals surface area contributed by atoms with E-state index in [9.17, 15) is 43.2 Å². The topological polar surface area (TPSA) is 237 Å². The van der Waals surface area contributed by atoms with E-state index in [0.717, 1.165) is 115 Å². The van der Waals surface area contributed by atoms with Gasteiger partial charge >= 0.3 is 39.5 Å². The predicted octanol–water partition coefficient (Wildman–Crippen LogP) is 24.6. The smallest absolute Gasteiger partial charge is 0.462 e. The Morgan fingerprint density at radius 2 is 0.578 bits per heavy atom. The summed E-state index contributed by atoms with van der Waals surface area (Å²) in [7, 11) is -9.94. The monoisotopic (exact) mass is 1490 g/mol. The van der Waals surface area contributed by atoms with Crippen LogP contribution < -0.4 is 0 Å². The van der Waals surface area contributed by atoms with Gasteiger partial charge in [-0.05, 0) is 63.2 Å². The van der Waals surface area contributed by atoms with Crippen molar-refractivity contribution in [3.05, 3.63) is 24.3 Å². The minimum absolute atomic E-state index is 0.0848. The first-order valence-electron chi connectivity index (χ1n) is 42.3. The second-order valence-electron chi connectivity index (χ2n) is 29.9. The number of ether oxygens (including phenoxy) is 4. The maximum absolute atomic E-state index is 13.1. The van der Waals surface area contributed by atoms with Crippen molar-refractivity contribution in [1.82, 2.24) is 0 Å². The molecule has 0 saturated carbocycles. The Bertz CT molecular complexity index is 2060. The number of hydrogen-bond acceptors (Lipinski definition) is 15. The van der Waals surface area contributed by atoms with Gasteiger partial charge in [0.2, 0.25) is 0 Å². The number of phosphoric ester groups is 2. The molecule has 19 heteroatoms. The van der Waals surface area contributed by atoms with E-state index < -0.39 is 97.5 Å². The molecule has 0 heterocycles. The van der Waals surface area contributed by atoms with E-state index in [1.54, 1.807) is 0 Å². The van der Waals surface area contributed by atoms with Gasteiger partial charge in [-0.15, -0.1) is 0 Å². The van der Waals surface area contributed by atoms with Crippen LogP contribution in [0.25, 0.3) is 0 Å². The predicted molar refractivity (Wildman–Crippen MR) is 418 cm³/mol. The fourth-order valence-electron chi connectivity index (χ4n) is 12.3. The number of hydrogen-bond donors (Lipinski definition) is 3. The average molecular weight is 1490 g/mol. The molecule has 0 spiro atoms. The number of carbonyl (C=O) groups is 4. The molecule has 0 saturated heterocycles. The molecule has 0 fully saturated rings. The summed E-state index contributed by atoms with van der Waals surface area (Å²) < 4.78 is 68.8. The Morgan fingerprint density at radius 1 is 0.324 bits per heavy atom. The van der Waals surface area contributed by atoms with Crippen molar-refractivity contribution < 1.29 is 80.2 Å². The van der Waals surface area contributed by atoms with Gasteiger partial charge in [0.05, 0.1) is 26.4 Å². The molecule has 3 N–H and O–H groups in total. The summed E-state index contributed by atoms with van der Waals surface area (Å²) >= 11 is 0. The van der Waals surface area contributed by atoms with Crippen LogP contribution in [0.2, 0.25) is 0 Å². The highest BCUT2D eigenvalue weighted by Gasteiger charge is 2.30. The molecule has 0 aromatic rings. The third-order valence-electron chi connectivity index (χ3n) is 19.2. The van der Waals surface area contributed by atoms with Crippen LogP contribution in [0.4, 0.5) is 0 Å². The average Bonchev–Trinajstić information content (AvgIpc) is 0.907. The molecule has 6 atom stereocenters. The van der Waals surface area contributed by atoms with Gasteiger partial charge < -0.3 is 33.8 Å². The standard InChI is InChI=1S/C83H158O17P2/c1-7-10-12-14-16-18-20-22-24-25-26-27-29-33-38-42-50-56-62-68-82(87)99-78(71-93-80(85)65-59-53-47-40-36-34-30-31-35-39-45-51-57-63-75(4)5)73-97-101(89,90)95-69-77(84)70-96-102(91,92)98-74-79(72-94-81(86)66-60-54-48-44-43-46-52-58-64-76(6)9-3)100-83(88)67-61-55-49-41-37-32-28-23-21-19-17-15-13-11-8-2/h19,21,23,28,75-79,84H,7-18,20,22,24-27,29-74H2,1-6H3,(H,89,90)(H,91,92)/b21-19-,28-23-/t76?,77-,78-,79-/m1/s1. The Balaban J connectivity index is 5.30. The van der Waals surface area contributed by atoms with Crippen molar-refractivity contribution in [2.24, 2.45) is 11.8 Å². The van der Waals surface area contributed by atoms with Crippen molar-refractivity contribution in [2.75, 3.05) is 39.6 Å². The number of esters is 4. The molecule has 0 aliphatic heterocycles. The lowest BCUT2D eigenvalue weighted by atomic mass is 9.99. The van der Waals surface area contributed by atoms with Crippen molar-refractivity contribution in [3.8, 4) is 0 Å². The summed E-state index contributed by atoms with van der Waals surface area (Å²) in [5.41, 5.74) is 0. The van der Waals surface area contributed by atoms with Gasteiger partial charge in [-0.3, -0.25) is 37.3 Å². The Hall–Kier alpha value is -2.46. The SMILES string of the molecule is CCCCCC/C=C\C=C/CCCCCCCC(=O)O[C@H](COC(=O)CCCCCCCCCCC(C)CC)COP(=O)(O)OC[C@H](O)COP(=O)(O)OC[C@@H](COC(=O)CCCCCCCCCCCCCCCC(C)C)OC(=O)CCCCCCCCCCCCCCCCCCCCC. The van der Waals surface area contributed by atoms with Crippen LogP contribution in [0.15, 0.2) is 24.3 Å². The van der Waals surface area contributed by atoms with Crippen molar-refractivity contribution in [2.45, 2.75) is 432 Å². The maximum Gasteiger partial charge on any atom is 0.472 e. The van der Waals surface area contributed by atoms with Gasteiger partial charge in [0, 0.05) is 25.7 Å². The molecule has 0 bridgehead atoms. The molecular weight excluding hydrogens is 1330 g/mol. The van der Waals surface area contributed by atoms with Crippen LogP contribution in [0.5, 0.6) is 0 Å². The third kappa shape index (κ3) is 74.4. The number of phosphoric acid groups is 2. The lowest BCUT2D eigenvalue weighted by Gasteiger charge is -2.21. The van der Waals surface area contributed by atoms with Gasteiger partial charge in [-0.1, -0.05) is 361 Å². The number of unbranched alkanes of at least 4 members (excludes halogenated alkanes) is 46. The summed E-state index contributed by atoms with van der Waals surface area (Å²) in [5.74, 6) is -0.572. The van der Waals surface area contributed by atoms with Gasteiger partial charge in [0.15, 0.2) is 12.2 Å². The lowest BCUT2D eigenvalue weighted by Crippen LogP contribution is -2.30. The molecule has 0 aliphatic carbocycles. The van der Waals surface area contributed by atoms with E-state index in [-0.39, 0.29) is 25.7 Å². The van der Waals surface area contributed by atoms with E-state index in [2.05, 4.69) is 65.8 Å². The number of aliphatic hydroxyl groups is 1. The summed E-state index contributed by atoms with van der Waals surface area (Å²) in [6.07, 6.45) is 67.3. The van der Waals surface area contributed by atoms with E-state index >= 15 is 0 Å². The molecule has 602 valence electrons. The van der Waals surface area contributed by atoms with Crippen molar-refractivity contribution >= 4 is 39.5 Å². The zero-order chi connectivity index (χ0) is 74.9. The molecule has 0 aromatic heterocycles. The summed E-state index contributed by atoms with van der Waals surface area (Å²) in [6.45, 7) is 9.60. The highest BCUT2D eigenvalue weighted by molar-refractivity contribution is 7.47. The first kappa shape index (κ1) is 99.5. The highest BCUT2D eigenvalue weighted by Crippen LogP contribution is 2.45. The first-order chi connectivity index (χ1) is 49.4. The number of allylic oxidation sites excluding steroid dienone is 4. The molecule has 0 rings (SSSR count). The largest absolute Gasteiger partial charge is 0.472 e. The second kappa shape index (κ2) is 74.0. The summed E-state index contributed by atoms with van der Waals surface area (Å²) in [5, 5.41) is 10.7. The van der Waals surface area contributed by atoms with E-state index in [0.29, 0.717) is 25.7 Å². The maximum atomic E-state index is 13.1. The first-order valence-corrected chi connectivity index (χ1v) is 45.3. The second-order valence-corrected chi connectivity index (χ2v) is 32.8. The van der Waals surface area contributed by atoms with Crippen LogP contribution in [0.1, 0.15) is 414 Å². The molecule has 0 aliphatic rings. The minimum Gasteiger partial charge on any atom is -0.462 e. The lowest BCUT2D eigenvalue weighted by molar-refractivity contribution is -0.161. The highest BCUT2D eigenvalue weighted by atomic mass is 31.2. The molecule has 0 radical (unpaired) electrons. The normalized spacial score (nSPS) is 14.3. The van der Waals surface area contributed by atoms with Crippen molar-refractivity contribution in [3.63, 3.8) is 0 Å². The van der Waals surface area contributed by atoms with Gasteiger partial charge in [-0.25, -0.2) is 9.13 Å². The molecule has 0 amide bonds. The fraction of sp³-hybridized carbons (Fsp3) is 0.904. The Morgan fingerprint density at radius 3 is 0.882 bits per heavy atom. The van der Waals surface area contributed by atoms with Crippen molar-refractivity contribution in [1.29, 1.82) is 0 Å². The van der Waals surface area contributed by atoms with Crippen LogP contribution in [-0.4, -0.2) is 96.7 Å². The van der Waals surface area contributed by atoms with Crippen LogP contribution >= 0.6 is 15.6 Å². The van der Waals surface area contributed by atoms with Crippen LogP contribution in [0.3, 0.4) is 0 Å². The molecule has 17 nitrogen and oxygen atoms in total. The Labute approximate surface area is 624 Å². The summed E-state index contributed by atoms with van der Waals surface area (Å²) in [4.78, 5) is 73.1. The number of aliphatic hydroxyl groups excluding tert-OH is 1.